The molecule has 1 aliphatic rings. The Morgan fingerprint density at radius 3 is 2.44 bits per heavy atom. The fourth-order valence-corrected chi connectivity index (χ4v) is 4.63. The van der Waals surface area contributed by atoms with Crippen LogP contribution >= 0.6 is 0 Å². The monoisotopic (exact) mass is 468 g/mol. The van der Waals surface area contributed by atoms with Gasteiger partial charge in [-0.3, -0.25) is 19.2 Å². The van der Waals surface area contributed by atoms with E-state index in [2.05, 4.69) is 15.6 Å². The molecule has 1 fully saturated rings. The number of benzene rings is 1. The maximum absolute atomic E-state index is 13.5. The Hall–Kier alpha value is -3.16. The van der Waals surface area contributed by atoms with E-state index in [0.717, 1.165) is 22.9 Å². The third kappa shape index (κ3) is 5.66. The van der Waals surface area contributed by atoms with Crippen molar-refractivity contribution < 1.29 is 19.2 Å². The second kappa shape index (κ2) is 10.8. The second-order valence-corrected chi connectivity index (χ2v) is 9.79. The average Bonchev–Trinajstić information content (AvgIpc) is 3.43. The van der Waals surface area contributed by atoms with Crippen molar-refractivity contribution in [3.63, 3.8) is 0 Å². The Morgan fingerprint density at radius 1 is 1.09 bits per heavy atom. The van der Waals surface area contributed by atoms with Gasteiger partial charge in [-0.25, -0.2) is 0 Å². The molecule has 0 unspecified atom stereocenters. The number of nitrogens with one attached hydrogen (secondary N) is 3. The predicted molar refractivity (Wildman–Crippen MR) is 131 cm³/mol. The molecule has 2 heterocycles. The lowest BCUT2D eigenvalue weighted by Crippen LogP contribution is -2.57. The highest BCUT2D eigenvalue weighted by molar-refractivity contribution is 5.96. The molecule has 0 radical (unpaired) electrons. The van der Waals surface area contributed by atoms with Crippen molar-refractivity contribution in [2.75, 3.05) is 6.54 Å². The molecule has 0 spiro atoms. The Bertz CT molecular complexity index is 1060. The van der Waals surface area contributed by atoms with Gasteiger partial charge in [-0.1, -0.05) is 45.9 Å². The summed E-state index contributed by atoms with van der Waals surface area (Å²) in [6.07, 6.45) is 3.54. The Kier molecular flexibility index (Phi) is 8.12. The zero-order valence-electron chi connectivity index (χ0n) is 20.7. The normalized spacial score (nSPS) is 17.7. The van der Waals surface area contributed by atoms with Crippen molar-refractivity contribution in [2.24, 2.45) is 11.8 Å². The topological polar surface area (TPSA) is 111 Å². The molecule has 1 saturated heterocycles. The van der Waals surface area contributed by atoms with Gasteiger partial charge in [0.25, 0.3) is 0 Å². The quantitative estimate of drug-likeness (QED) is 0.525. The van der Waals surface area contributed by atoms with Crippen LogP contribution in [0.2, 0.25) is 0 Å². The minimum Gasteiger partial charge on any atom is -0.361 e. The van der Waals surface area contributed by atoms with Crippen LogP contribution in [0.4, 0.5) is 0 Å². The second-order valence-electron chi connectivity index (χ2n) is 9.79. The van der Waals surface area contributed by atoms with Gasteiger partial charge in [0.2, 0.25) is 17.7 Å². The highest BCUT2D eigenvalue weighted by atomic mass is 16.2. The highest BCUT2D eigenvalue weighted by Crippen LogP contribution is 2.24. The lowest BCUT2D eigenvalue weighted by Gasteiger charge is -2.32. The number of carbonyl (C=O) groups excluding carboxylic acids is 4. The van der Waals surface area contributed by atoms with Crippen LogP contribution in [0.1, 0.15) is 53.0 Å². The minimum absolute atomic E-state index is 0.0511. The molecule has 34 heavy (non-hydrogen) atoms. The smallest absolute Gasteiger partial charge is 0.246 e. The molecule has 3 amide bonds. The summed E-state index contributed by atoms with van der Waals surface area (Å²) in [5.74, 6) is -1.28. The predicted octanol–water partition coefficient (Wildman–Crippen LogP) is 2.57. The zero-order valence-corrected chi connectivity index (χ0v) is 20.7. The number of fused-ring (bicyclic) bond motifs is 1. The third-order valence-corrected chi connectivity index (χ3v) is 6.46. The largest absolute Gasteiger partial charge is 0.361 e. The number of rotatable bonds is 9. The molecule has 3 atom stereocenters. The fourth-order valence-electron chi connectivity index (χ4n) is 4.63. The van der Waals surface area contributed by atoms with Gasteiger partial charge in [-0.15, -0.1) is 0 Å². The van der Waals surface area contributed by atoms with Crippen LogP contribution in [-0.4, -0.2) is 58.1 Å². The summed E-state index contributed by atoms with van der Waals surface area (Å²) < 4.78 is 0. The molecule has 0 bridgehead atoms. The van der Waals surface area contributed by atoms with Gasteiger partial charge in [0, 0.05) is 42.9 Å². The van der Waals surface area contributed by atoms with E-state index in [9.17, 15) is 19.2 Å². The highest BCUT2D eigenvalue weighted by Gasteiger charge is 2.39. The molecule has 1 aromatic carbocycles. The van der Waals surface area contributed by atoms with Crippen LogP contribution in [0.3, 0.4) is 0 Å². The molecule has 3 N–H and O–H groups in total. The van der Waals surface area contributed by atoms with Gasteiger partial charge in [-0.2, -0.15) is 0 Å². The number of H-pyrrole nitrogens is 1. The minimum atomic E-state index is -0.836. The summed E-state index contributed by atoms with van der Waals surface area (Å²) in [5.41, 5.74) is 1.85. The van der Waals surface area contributed by atoms with Gasteiger partial charge >= 0.3 is 0 Å². The zero-order chi connectivity index (χ0) is 25.0. The first-order valence-corrected chi connectivity index (χ1v) is 12.1. The number of hydrogen-bond donors (Lipinski definition) is 3. The lowest BCUT2D eigenvalue weighted by atomic mass is 9.97. The van der Waals surface area contributed by atoms with Crippen molar-refractivity contribution in [2.45, 2.75) is 72.0 Å². The summed E-state index contributed by atoms with van der Waals surface area (Å²) >= 11 is 0. The molecule has 8 nitrogen and oxygen atoms in total. The van der Waals surface area contributed by atoms with Crippen LogP contribution in [0, 0.1) is 11.8 Å². The molecular weight excluding hydrogens is 432 g/mol. The van der Waals surface area contributed by atoms with Crippen molar-refractivity contribution >= 4 is 34.4 Å². The van der Waals surface area contributed by atoms with Crippen molar-refractivity contribution in [3.05, 3.63) is 36.0 Å². The van der Waals surface area contributed by atoms with E-state index in [1.807, 2.05) is 58.2 Å². The van der Waals surface area contributed by atoms with Crippen molar-refractivity contribution in [3.8, 4) is 0 Å². The lowest BCUT2D eigenvalue weighted by molar-refractivity contribution is -0.143. The average molecular weight is 469 g/mol. The molecular formula is C26H36N4O4. The fraction of sp³-hybridized carbons (Fsp3) is 0.538. The number of nitrogens with zero attached hydrogens (tertiary/aromatic N) is 1. The van der Waals surface area contributed by atoms with Crippen LogP contribution < -0.4 is 10.6 Å². The molecule has 2 aromatic rings. The summed E-state index contributed by atoms with van der Waals surface area (Å²) in [6.45, 7) is 9.29. The van der Waals surface area contributed by atoms with E-state index in [1.165, 1.54) is 6.92 Å². The summed E-state index contributed by atoms with van der Waals surface area (Å²) in [7, 11) is 0. The SMILES string of the molecule is CC(=O)N[C@@H](Cc1c[nH]c2ccccc12)C(=O)N[C@H](C(=O)N1CCC[C@H]1C(=O)C(C)C)C(C)C. The summed E-state index contributed by atoms with van der Waals surface area (Å²) in [4.78, 5) is 56.1. The maximum atomic E-state index is 13.5. The number of amides is 3. The van der Waals surface area contributed by atoms with E-state index >= 15 is 0 Å². The number of Topliss-reactive ketones (excluding diaryl/α,β-unsaturated/α-hetero) is 1. The number of aromatic nitrogens is 1. The maximum Gasteiger partial charge on any atom is 0.246 e. The molecule has 1 aliphatic heterocycles. The van der Waals surface area contributed by atoms with E-state index in [0.29, 0.717) is 13.0 Å². The van der Waals surface area contributed by atoms with Crippen molar-refractivity contribution in [1.82, 2.24) is 20.5 Å². The Morgan fingerprint density at radius 2 is 1.79 bits per heavy atom. The van der Waals surface area contributed by atoms with E-state index in [4.69, 9.17) is 0 Å². The Balaban J connectivity index is 1.79. The van der Waals surface area contributed by atoms with E-state index < -0.39 is 24.0 Å². The number of aromatic amines is 1. The molecule has 0 aliphatic carbocycles. The summed E-state index contributed by atoms with van der Waals surface area (Å²) in [6, 6.07) is 5.70. The third-order valence-electron chi connectivity index (χ3n) is 6.46. The Labute approximate surface area is 200 Å². The van der Waals surface area contributed by atoms with Crippen LogP contribution in [-0.2, 0) is 25.6 Å². The number of hydrogen-bond acceptors (Lipinski definition) is 4. The molecule has 8 heteroatoms. The molecule has 1 aromatic heterocycles. The van der Waals surface area contributed by atoms with E-state index in [1.54, 1.807) is 4.90 Å². The standard InChI is InChI=1S/C26H36N4O4/c1-15(2)23(26(34)30-12-8-11-22(30)24(32)16(3)4)29-25(33)21(28-17(5)31)13-18-14-27-20-10-7-6-9-19(18)20/h6-7,9-10,14-16,21-23,27H,8,11-13H2,1-5H3,(H,28,31)(H,29,33)/t21-,22-,23-/m0/s1. The number of ketones is 1. The van der Waals surface area contributed by atoms with Crippen LogP contribution in [0.5, 0.6) is 0 Å². The first-order valence-electron chi connectivity index (χ1n) is 12.1. The number of likely N-dealkylation sites (tertiary alicyclic amines) is 1. The van der Waals surface area contributed by atoms with Gasteiger partial charge in [0.1, 0.15) is 12.1 Å². The summed E-state index contributed by atoms with van der Waals surface area (Å²) in [5, 5.41) is 6.60. The van der Waals surface area contributed by atoms with Gasteiger partial charge < -0.3 is 20.5 Å². The van der Waals surface area contributed by atoms with Crippen LogP contribution in [0.15, 0.2) is 30.5 Å². The van der Waals surface area contributed by atoms with Gasteiger partial charge in [0.05, 0.1) is 6.04 Å². The number of para-hydroxylation sites is 1. The van der Waals surface area contributed by atoms with Crippen LogP contribution in [0.25, 0.3) is 10.9 Å². The first-order chi connectivity index (χ1) is 16.1. The van der Waals surface area contributed by atoms with E-state index in [-0.39, 0.29) is 35.9 Å². The van der Waals surface area contributed by atoms with Gasteiger partial charge in [0.15, 0.2) is 5.78 Å². The molecule has 184 valence electrons. The number of carbonyl (C=O) groups is 4. The molecule has 0 saturated carbocycles. The van der Waals surface area contributed by atoms with Crippen molar-refractivity contribution in [1.29, 1.82) is 0 Å². The molecule has 3 rings (SSSR count). The first kappa shape index (κ1) is 25.5. The van der Waals surface area contributed by atoms with Gasteiger partial charge in [-0.05, 0) is 30.4 Å².